The first-order chi connectivity index (χ1) is 8.25. The number of benzene rings is 1. The van der Waals surface area contributed by atoms with Gasteiger partial charge in [0.1, 0.15) is 0 Å². The summed E-state index contributed by atoms with van der Waals surface area (Å²) in [5, 5.41) is 4.10. The second kappa shape index (κ2) is 6.15. The monoisotopic (exact) mass is 310 g/mol. The van der Waals surface area contributed by atoms with Gasteiger partial charge in [0.25, 0.3) is 0 Å². The lowest BCUT2D eigenvalue weighted by Gasteiger charge is -2.07. The second-order valence-electron chi connectivity index (χ2n) is 3.66. The Bertz CT molecular complexity index is 488. The molecule has 2 aromatic rings. The minimum atomic E-state index is 0.731. The van der Waals surface area contributed by atoms with E-state index in [1.165, 1.54) is 0 Å². The van der Waals surface area contributed by atoms with Crippen LogP contribution in [-0.2, 0) is 13.1 Å². The summed E-state index contributed by atoms with van der Waals surface area (Å²) in [5.74, 6) is 0. The Balaban J connectivity index is 1.92. The van der Waals surface area contributed by atoms with Crippen LogP contribution >= 0.6 is 27.5 Å². The van der Waals surface area contributed by atoms with Gasteiger partial charge in [0, 0.05) is 28.8 Å². The lowest BCUT2D eigenvalue weighted by molar-refractivity contribution is 0.679. The summed E-state index contributed by atoms with van der Waals surface area (Å²) in [7, 11) is 0. The highest BCUT2D eigenvalue weighted by Crippen LogP contribution is 2.20. The molecule has 4 heteroatoms. The Morgan fingerprint density at radius 3 is 2.82 bits per heavy atom. The van der Waals surface area contributed by atoms with Crippen LogP contribution in [0.25, 0.3) is 0 Å². The number of nitrogens with zero attached hydrogens (tertiary/aromatic N) is 1. The highest BCUT2D eigenvalue weighted by atomic mass is 79.9. The van der Waals surface area contributed by atoms with E-state index in [0.29, 0.717) is 0 Å². The Morgan fingerprint density at radius 1 is 1.18 bits per heavy atom. The zero-order valence-corrected chi connectivity index (χ0v) is 11.5. The number of aromatic nitrogens is 1. The number of hydrogen-bond acceptors (Lipinski definition) is 2. The summed E-state index contributed by atoms with van der Waals surface area (Å²) in [5.41, 5.74) is 2.11. The van der Waals surface area contributed by atoms with E-state index in [1.807, 2.05) is 36.4 Å². The topological polar surface area (TPSA) is 24.9 Å². The quantitative estimate of drug-likeness (QED) is 0.929. The van der Waals surface area contributed by atoms with Crippen molar-refractivity contribution < 1.29 is 0 Å². The highest BCUT2D eigenvalue weighted by molar-refractivity contribution is 9.10. The first-order valence-corrected chi connectivity index (χ1v) is 6.47. The van der Waals surface area contributed by atoms with Crippen LogP contribution in [0.1, 0.15) is 11.3 Å². The van der Waals surface area contributed by atoms with Crippen LogP contribution in [0.15, 0.2) is 47.1 Å². The summed E-state index contributed by atoms with van der Waals surface area (Å²) in [6.45, 7) is 1.47. The van der Waals surface area contributed by atoms with E-state index in [0.717, 1.165) is 33.8 Å². The molecule has 0 amide bonds. The van der Waals surface area contributed by atoms with Gasteiger partial charge in [-0.05, 0) is 35.9 Å². The molecule has 0 aliphatic heterocycles. The molecule has 1 heterocycles. The minimum Gasteiger partial charge on any atom is -0.307 e. The Morgan fingerprint density at radius 2 is 2.06 bits per heavy atom. The van der Waals surface area contributed by atoms with Gasteiger partial charge in [-0.25, -0.2) is 0 Å². The van der Waals surface area contributed by atoms with Crippen LogP contribution in [0.4, 0.5) is 0 Å². The van der Waals surface area contributed by atoms with Crippen molar-refractivity contribution in [2.24, 2.45) is 0 Å². The second-order valence-corrected chi connectivity index (χ2v) is 4.98. The largest absolute Gasteiger partial charge is 0.307 e. The molecular weight excluding hydrogens is 300 g/mol. The van der Waals surface area contributed by atoms with Crippen LogP contribution in [-0.4, -0.2) is 4.98 Å². The summed E-state index contributed by atoms with van der Waals surface area (Å²) in [6.07, 6.45) is 1.79. The molecule has 2 rings (SSSR count). The predicted octanol–water partition coefficient (Wildman–Crippen LogP) is 3.79. The molecular formula is C13H12BrClN2. The van der Waals surface area contributed by atoms with Crippen molar-refractivity contribution in [3.8, 4) is 0 Å². The van der Waals surface area contributed by atoms with E-state index >= 15 is 0 Å². The highest BCUT2D eigenvalue weighted by Gasteiger charge is 2.01. The van der Waals surface area contributed by atoms with Crippen molar-refractivity contribution in [3.63, 3.8) is 0 Å². The van der Waals surface area contributed by atoms with E-state index in [9.17, 15) is 0 Å². The molecule has 1 N–H and O–H groups in total. The van der Waals surface area contributed by atoms with Gasteiger partial charge < -0.3 is 5.32 Å². The molecule has 0 aliphatic carbocycles. The molecule has 0 bridgehead atoms. The van der Waals surface area contributed by atoms with Crippen LogP contribution < -0.4 is 5.32 Å². The van der Waals surface area contributed by atoms with E-state index in [2.05, 4.69) is 26.2 Å². The van der Waals surface area contributed by atoms with Gasteiger partial charge >= 0.3 is 0 Å². The van der Waals surface area contributed by atoms with E-state index < -0.39 is 0 Å². The molecule has 0 unspecified atom stereocenters. The fourth-order valence-corrected chi connectivity index (χ4v) is 2.10. The maximum absolute atomic E-state index is 6.10. The van der Waals surface area contributed by atoms with Gasteiger partial charge in [-0.1, -0.05) is 33.6 Å². The minimum absolute atomic E-state index is 0.731. The summed E-state index contributed by atoms with van der Waals surface area (Å²) < 4.78 is 1.04. The first-order valence-electron chi connectivity index (χ1n) is 5.30. The molecule has 88 valence electrons. The zero-order valence-electron chi connectivity index (χ0n) is 9.16. The molecule has 0 saturated carbocycles. The van der Waals surface area contributed by atoms with Crippen molar-refractivity contribution >= 4 is 27.5 Å². The molecule has 1 aromatic carbocycles. The maximum atomic E-state index is 6.10. The van der Waals surface area contributed by atoms with Gasteiger partial charge in [0.05, 0.1) is 5.69 Å². The van der Waals surface area contributed by atoms with Crippen molar-refractivity contribution in [2.75, 3.05) is 0 Å². The fraction of sp³-hybridized carbons (Fsp3) is 0.154. The first kappa shape index (κ1) is 12.6. The number of hydrogen-bond donors (Lipinski definition) is 1. The molecule has 0 fully saturated rings. The molecule has 0 saturated heterocycles. The lowest BCUT2D eigenvalue weighted by atomic mass is 10.2. The van der Waals surface area contributed by atoms with Gasteiger partial charge in [-0.3, -0.25) is 4.98 Å². The summed E-state index contributed by atoms with van der Waals surface area (Å²) in [6, 6.07) is 11.7. The van der Waals surface area contributed by atoms with E-state index in [4.69, 9.17) is 11.6 Å². The van der Waals surface area contributed by atoms with Crippen molar-refractivity contribution in [2.45, 2.75) is 13.1 Å². The Hall–Kier alpha value is -0.900. The maximum Gasteiger partial charge on any atom is 0.0541 e. The van der Waals surface area contributed by atoms with Gasteiger partial charge in [-0.2, -0.15) is 0 Å². The molecule has 0 aliphatic rings. The number of pyridine rings is 1. The molecule has 0 atom stereocenters. The smallest absolute Gasteiger partial charge is 0.0541 e. The normalized spacial score (nSPS) is 10.5. The third-order valence-corrected chi connectivity index (χ3v) is 3.22. The van der Waals surface area contributed by atoms with Crippen molar-refractivity contribution in [3.05, 3.63) is 63.3 Å². The zero-order chi connectivity index (χ0) is 12.1. The average Bonchev–Trinajstić information content (AvgIpc) is 2.35. The Kier molecular flexibility index (Phi) is 4.54. The summed E-state index contributed by atoms with van der Waals surface area (Å²) >= 11 is 9.54. The number of nitrogens with one attached hydrogen (secondary N) is 1. The molecule has 2 nitrogen and oxygen atoms in total. The SMILES string of the molecule is Clc1ccc(Br)cc1CNCc1ccccn1. The van der Waals surface area contributed by atoms with Crippen LogP contribution in [0.5, 0.6) is 0 Å². The average molecular weight is 312 g/mol. The van der Waals surface area contributed by atoms with E-state index in [-0.39, 0.29) is 0 Å². The van der Waals surface area contributed by atoms with Crippen molar-refractivity contribution in [1.29, 1.82) is 0 Å². The number of halogens is 2. The Labute approximate surface area is 114 Å². The van der Waals surface area contributed by atoms with Crippen LogP contribution in [0.3, 0.4) is 0 Å². The van der Waals surface area contributed by atoms with Gasteiger partial charge in [0.2, 0.25) is 0 Å². The third kappa shape index (κ3) is 3.80. The third-order valence-electron chi connectivity index (χ3n) is 2.36. The standard InChI is InChI=1S/C13H12BrClN2/c14-11-4-5-13(15)10(7-11)8-16-9-12-3-1-2-6-17-12/h1-7,16H,8-9H2. The predicted molar refractivity (Wildman–Crippen MR) is 73.9 cm³/mol. The fourth-order valence-electron chi connectivity index (χ4n) is 1.51. The lowest BCUT2D eigenvalue weighted by Crippen LogP contribution is -2.13. The van der Waals surface area contributed by atoms with Gasteiger partial charge in [-0.15, -0.1) is 0 Å². The van der Waals surface area contributed by atoms with Crippen molar-refractivity contribution in [1.82, 2.24) is 10.3 Å². The molecule has 1 aromatic heterocycles. The van der Waals surface area contributed by atoms with E-state index in [1.54, 1.807) is 6.20 Å². The molecule has 17 heavy (non-hydrogen) atoms. The number of rotatable bonds is 4. The summed E-state index contributed by atoms with van der Waals surface area (Å²) in [4.78, 5) is 4.25. The van der Waals surface area contributed by atoms with Gasteiger partial charge in [0.15, 0.2) is 0 Å². The van der Waals surface area contributed by atoms with Crippen LogP contribution in [0, 0.1) is 0 Å². The molecule has 0 radical (unpaired) electrons. The van der Waals surface area contributed by atoms with Crippen LogP contribution in [0.2, 0.25) is 5.02 Å². The molecule has 0 spiro atoms.